The molecule has 2 heterocycles. The fraction of sp³-hybridized carbons (Fsp3) is 0.455. The van der Waals surface area contributed by atoms with E-state index in [-0.39, 0.29) is 11.8 Å². The number of anilines is 1. The molecule has 2 aromatic rings. The Hall–Kier alpha value is -2.56. The van der Waals surface area contributed by atoms with Crippen molar-refractivity contribution in [2.24, 2.45) is 5.92 Å². The molecule has 1 fully saturated rings. The van der Waals surface area contributed by atoms with Crippen LogP contribution in [0.25, 0.3) is 0 Å². The molecule has 1 N–H and O–H groups in total. The van der Waals surface area contributed by atoms with Crippen molar-refractivity contribution in [3.8, 4) is 0 Å². The molecule has 0 unspecified atom stereocenters. The number of amides is 2. The predicted molar refractivity (Wildman–Crippen MR) is 103 cm³/mol. The minimum Gasteiger partial charge on any atom is -0.459 e. The van der Waals surface area contributed by atoms with E-state index in [0.717, 1.165) is 17.7 Å². The van der Waals surface area contributed by atoms with Gasteiger partial charge in [-0.05, 0) is 60.6 Å². The summed E-state index contributed by atoms with van der Waals surface area (Å²) in [6.07, 6.45) is 9.08. The van der Waals surface area contributed by atoms with Crippen LogP contribution in [0.15, 0.2) is 41.0 Å². The summed E-state index contributed by atoms with van der Waals surface area (Å²) in [5.41, 5.74) is 3.15. The third-order valence-electron chi connectivity index (χ3n) is 5.72. The van der Waals surface area contributed by atoms with E-state index in [1.54, 1.807) is 17.0 Å². The topological polar surface area (TPSA) is 62.6 Å². The van der Waals surface area contributed by atoms with E-state index in [2.05, 4.69) is 11.4 Å². The van der Waals surface area contributed by atoms with Crippen LogP contribution in [0.1, 0.15) is 60.2 Å². The molecule has 0 spiro atoms. The number of nitrogens with zero attached hydrogens (tertiary/aromatic N) is 1. The summed E-state index contributed by atoms with van der Waals surface area (Å²) >= 11 is 0. The van der Waals surface area contributed by atoms with Crippen molar-refractivity contribution in [2.45, 2.75) is 51.5 Å². The van der Waals surface area contributed by atoms with Crippen LogP contribution >= 0.6 is 0 Å². The molecule has 2 aliphatic rings. The molecule has 5 nitrogen and oxygen atoms in total. The Morgan fingerprint density at radius 2 is 1.96 bits per heavy atom. The highest BCUT2D eigenvalue weighted by Gasteiger charge is 2.24. The fourth-order valence-electron chi connectivity index (χ4n) is 4.23. The zero-order chi connectivity index (χ0) is 18.6. The van der Waals surface area contributed by atoms with Gasteiger partial charge in [-0.2, -0.15) is 0 Å². The average Bonchev–Trinajstić information content (AvgIpc) is 3.22. The van der Waals surface area contributed by atoms with Crippen molar-refractivity contribution in [3.05, 3.63) is 53.5 Å². The Bertz CT molecular complexity index is 807. The van der Waals surface area contributed by atoms with Crippen molar-refractivity contribution in [1.82, 2.24) is 4.90 Å². The van der Waals surface area contributed by atoms with Crippen LogP contribution in [0.4, 0.5) is 5.69 Å². The van der Waals surface area contributed by atoms with E-state index < -0.39 is 0 Å². The first-order chi connectivity index (χ1) is 13.2. The molecule has 142 valence electrons. The maximum Gasteiger partial charge on any atom is 0.289 e. The zero-order valence-electron chi connectivity index (χ0n) is 15.6. The number of nitrogens with one attached hydrogen (secondary N) is 1. The molecule has 0 bridgehead atoms. The molecule has 1 aromatic carbocycles. The van der Waals surface area contributed by atoms with Gasteiger partial charge in [0.15, 0.2) is 5.76 Å². The molecule has 2 amide bonds. The highest BCUT2D eigenvalue weighted by molar-refractivity contribution is 5.92. The van der Waals surface area contributed by atoms with Gasteiger partial charge in [0.05, 0.1) is 6.26 Å². The molecular formula is C22H26N2O3. The highest BCUT2D eigenvalue weighted by atomic mass is 16.3. The van der Waals surface area contributed by atoms with Gasteiger partial charge in [0.25, 0.3) is 5.91 Å². The van der Waals surface area contributed by atoms with E-state index in [0.29, 0.717) is 31.2 Å². The summed E-state index contributed by atoms with van der Waals surface area (Å²) < 4.78 is 5.24. The monoisotopic (exact) mass is 366 g/mol. The van der Waals surface area contributed by atoms with Crippen molar-refractivity contribution in [2.75, 3.05) is 11.9 Å². The summed E-state index contributed by atoms with van der Waals surface area (Å²) in [6.45, 7) is 1.22. The molecular weight excluding hydrogens is 340 g/mol. The van der Waals surface area contributed by atoms with Gasteiger partial charge in [0.1, 0.15) is 0 Å². The summed E-state index contributed by atoms with van der Waals surface area (Å²) in [5, 5.41) is 3.05. The van der Waals surface area contributed by atoms with Gasteiger partial charge in [0, 0.05) is 25.2 Å². The van der Waals surface area contributed by atoms with Gasteiger partial charge in [0.2, 0.25) is 5.91 Å². The molecule has 1 aliphatic carbocycles. The van der Waals surface area contributed by atoms with Crippen LogP contribution in [0.2, 0.25) is 0 Å². The Balaban J connectivity index is 1.40. The zero-order valence-corrected chi connectivity index (χ0v) is 15.6. The van der Waals surface area contributed by atoms with Crippen LogP contribution in [0, 0.1) is 5.92 Å². The number of carbonyl (C=O) groups excluding carboxylic acids is 2. The number of rotatable bonds is 4. The molecule has 5 heteroatoms. The van der Waals surface area contributed by atoms with Gasteiger partial charge in [-0.3, -0.25) is 9.59 Å². The SMILES string of the molecule is O=C(CC1CCCCC1)Nc1ccc2c(c1)CN(C(=O)c1ccco1)CC2. The Labute approximate surface area is 159 Å². The Morgan fingerprint density at radius 1 is 1.11 bits per heavy atom. The number of benzene rings is 1. The maximum absolute atomic E-state index is 12.5. The van der Waals surface area contributed by atoms with E-state index in [9.17, 15) is 9.59 Å². The quantitative estimate of drug-likeness (QED) is 0.873. The van der Waals surface area contributed by atoms with Crippen LogP contribution in [-0.4, -0.2) is 23.3 Å². The van der Waals surface area contributed by atoms with Crippen molar-refractivity contribution in [3.63, 3.8) is 0 Å². The molecule has 0 atom stereocenters. The third-order valence-corrected chi connectivity index (χ3v) is 5.72. The first-order valence-corrected chi connectivity index (χ1v) is 9.93. The predicted octanol–water partition coefficient (Wildman–Crippen LogP) is 4.39. The number of hydrogen-bond donors (Lipinski definition) is 1. The summed E-state index contributed by atoms with van der Waals surface area (Å²) in [5.74, 6) is 0.909. The summed E-state index contributed by atoms with van der Waals surface area (Å²) in [6, 6.07) is 9.47. The first-order valence-electron chi connectivity index (χ1n) is 9.93. The third kappa shape index (κ3) is 4.24. The van der Waals surface area contributed by atoms with E-state index in [1.807, 2.05) is 12.1 Å². The molecule has 1 aliphatic heterocycles. The van der Waals surface area contributed by atoms with Gasteiger partial charge in [-0.15, -0.1) is 0 Å². The van der Waals surface area contributed by atoms with Crippen molar-refractivity contribution < 1.29 is 14.0 Å². The van der Waals surface area contributed by atoms with E-state index in [4.69, 9.17) is 4.42 Å². The Morgan fingerprint density at radius 3 is 2.74 bits per heavy atom. The molecule has 0 radical (unpaired) electrons. The molecule has 1 saturated carbocycles. The average molecular weight is 366 g/mol. The van der Waals surface area contributed by atoms with Gasteiger partial charge in [-0.25, -0.2) is 0 Å². The van der Waals surface area contributed by atoms with Crippen molar-refractivity contribution >= 4 is 17.5 Å². The fourth-order valence-corrected chi connectivity index (χ4v) is 4.23. The number of hydrogen-bond acceptors (Lipinski definition) is 3. The number of carbonyl (C=O) groups is 2. The minimum absolute atomic E-state index is 0.0858. The lowest BCUT2D eigenvalue weighted by atomic mass is 9.87. The Kier molecular flexibility index (Phi) is 5.28. The lowest BCUT2D eigenvalue weighted by Crippen LogP contribution is -2.35. The van der Waals surface area contributed by atoms with Crippen LogP contribution in [-0.2, 0) is 17.8 Å². The number of fused-ring (bicyclic) bond motifs is 1. The van der Waals surface area contributed by atoms with Crippen LogP contribution in [0.3, 0.4) is 0 Å². The minimum atomic E-state index is -0.0858. The van der Waals surface area contributed by atoms with Gasteiger partial charge in [-0.1, -0.05) is 25.3 Å². The van der Waals surface area contributed by atoms with Crippen molar-refractivity contribution in [1.29, 1.82) is 0 Å². The summed E-state index contributed by atoms with van der Waals surface area (Å²) in [4.78, 5) is 26.7. The van der Waals surface area contributed by atoms with Crippen LogP contribution in [0.5, 0.6) is 0 Å². The van der Waals surface area contributed by atoms with E-state index in [1.165, 1.54) is 43.9 Å². The maximum atomic E-state index is 12.5. The molecule has 1 aromatic heterocycles. The highest BCUT2D eigenvalue weighted by Crippen LogP contribution is 2.27. The van der Waals surface area contributed by atoms with E-state index >= 15 is 0 Å². The summed E-state index contributed by atoms with van der Waals surface area (Å²) in [7, 11) is 0. The lowest BCUT2D eigenvalue weighted by molar-refractivity contribution is -0.117. The number of furan rings is 1. The lowest BCUT2D eigenvalue weighted by Gasteiger charge is -2.28. The second kappa shape index (κ2) is 7.99. The van der Waals surface area contributed by atoms with Crippen LogP contribution < -0.4 is 5.32 Å². The van der Waals surface area contributed by atoms with Gasteiger partial charge < -0.3 is 14.6 Å². The smallest absolute Gasteiger partial charge is 0.289 e. The normalized spacial score (nSPS) is 17.4. The largest absolute Gasteiger partial charge is 0.459 e. The first kappa shape index (κ1) is 17.8. The van der Waals surface area contributed by atoms with Gasteiger partial charge >= 0.3 is 0 Å². The molecule has 4 rings (SSSR count). The molecule has 27 heavy (non-hydrogen) atoms. The standard InChI is InChI=1S/C22H26N2O3/c25-21(13-16-5-2-1-3-6-16)23-19-9-8-17-10-11-24(15-18(17)14-19)22(26)20-7-4-12-27-20/h4,7-9,12,14,16H,1-3,5-6,10-11,13,15H2,(H,23,25). The molecule has 0 saturated heterocycles. The second-order valence-corrected chi connectivity index (χ2v) is 7.69. The second-order valence-electron chi connectivity index (χ2n) is 7.69.